The normalized spacial score (nSPS) is 17.1. The van der Waals surface area contributed by atoms with Gasteiger partial charge >= 0.3 is 7.69 Å². The lowest BCUT2D eigenvalue weighted by Gasteiger charge is -2.40. The largest absolute Gasteiger partial charge is 0.491 e. The molecule has 13 heteroatoms. The van der Waals surface area contributed by atoms with Crippen molar-refractivity contribution in [2.75, 3.05) is 13.1 Å². The number of benzene rings is 2. The number of carbonyl (C=O) groups excluding carboxylic acids is 4. The molecular weight excluding hydrogens is 599 g/mol. The first kappa shape index (κ1) is 36.1. The zero-order chi connectivity index (χ0) is 33.5. The number of carbonyl (C=O) groups is 4. The van der Waals surface area contributed by atoms with Gasteiger partial charge in [0.1, 0.15) is 23.3 Å². The fourth-order valence-corrected chi connectivity index (χ4v) is 5.76. The molecule has 2 aliphatic carbocycles. The Labute approximate surface area is 277 Å². The van der Waals surface area contributed by atoms with Gasteiger partial charge in [0, 0.05) is 13.1 Å². The highest BCUT2D eigenvalue weighted by Crippen LogP contribution is 2.42. The van der Waals surface area contributed by atoms with Gasteiger partial charge in [-0.3, -0.25) is 19.2 Å². The molecule has 8 N–H and O–H groups in total. The van der Waals surface area contributed by atoms with E-state index in [2.05, 4.69) is 21.3 Å². The molecule has 2 saturated carbocycles. The zero-order valence-corrected chi connectivity index (χ0v) is 27.0. The third-order valence-corrected chi connectivity index (χ3v) is 9.11. The van der Waals surface area contributed by atoms with Crippen molar-refractivity contribution < 1.29 is 28.5 Å². The molecule has 47 heavy (non-hydrogen) atoms. The van der Waals surface area contributed by atoms with Crippen molar-refractivity contribution in [3.8, 4) is 0 Å². The fourth-order valence-electron chi connectivity index (χ4n) is 5.76. The van der Waals surface area contributed by atoms with Gasteiger partial charge in [-0.15, -0.1) is 0 Å². The summed E-state index contributed by atoms with van der Waals surface area (Å²) in [5, 5.41) is 11.6. The lowest BCUT2D eigenvalue weighted by molar-refractivity contribution is -0.152. The van der Waals surface area contributed by atoms with Gasteiger partial charge in [-0.25, -0.2) is 0 Å². The highest BCUT2D eigenvalue weighted by atomic mass is 16.6. The van der Waals surface area contributed by atoms with Crippen LogP contribution >= 0.6 is 0 Å². The van der Waals surface area contributed by atoms with Gasteiger partial charge in [-0.05, 0) is 75.6 Å². The Balaban J connectivity index is 1.31. The smallest absolute Gasteiger partial charge is 0.393 e. The number of nitrogens with two attached hydrogens (primary N) is 2. The summed E-state index contributed by atoms with van der Waals surface area (Å²) in [4.78, 5) is 53.3. The average molecular weight is 648 g/mol. The van der Waals surface area contributed by atoms with Crippen molar-refractivity contribution in [3.05, 3.63) is 71.8 Å². The van der Waals surface area contributed by atoms with Crippen LogP contribution in [0, 0.1) is 10.8 Å². The molecule has 2 fully saturated rings. The van der Waals surface area contributed by atoms with Crippen LogP contribution < -0.4 is 32.7 Å². The Kier molecular flexibility index (Phi) is 13.8. The Morgan fingerprint density at radius 2 is 1.02 bits per heavy atom. The fraction of sp³-hybridized carbons (Fsp3) is 0.529. The van der Waals surface area contributed by atoms with Crippen molar-refractivity contribution >= 4 is 31.3 Å². The summed E-state index contributed by atoms with van der Waals surface area (Å²) in [5.41, 5.74) is 11.0. The van der Waals surface area contributed by atoms with Crippen molar-refractivity contribution in [2.24, 2.45) is 22.3 Å². The maximum absolute atomic E-state index is 13.5. The Hall–Kier alpha value is -3.78. The predicted octanol–water partition coefficient (Wildman–Crippen LogP) is 1.89. The third-order valence-electron chi connectivity index (χ3n) is 9.11. The molecule has 2 aromatic carbocycles. The molecule has 2 aliphatic rings. The van der Waals surface area contributed by atoms with E-state index in [-0.39, 0.29) is 11.8 Å². The van der Waals surface area contributed by atoms with Crippen molar-refractivity contribution in [2.45, 2.75) is 89.8 Å². The molecule has 2 aromatic rings. The first-order valence-electron chi connectivity index (χ1n) is 16.6. The molecule has 0 bridgehead atoms. The molecule has 4 rings (SSSR count). The summed E-state index contributed by atoms with van der Waals surface area (Å²) in [5.74, 6) is -1.45. The van der Waals surface area contributed by atoms with E-state index in [1.165, 1.54) is 0 Å². The molecule has 0 heterocycles. The quantitative estimate of drug-likeness (QED) is 0.0714. The first-order valence-corrected chi connectivity index (χ1v) is 16.6. The second-order valence-corrected chi connectivity index (χ2v) is 12.4. The van der Waals surface area contributed by atoms with Crippen LogP contribution in [0.3, 0.4) is 0 Å². The summed E-state index contributed by atoms with van der Waals surface area (Å²) < 4.78 is 11.6. The van der Waals surface area contributed by atoms with Crippen molar-refractivity contribution in [3.63, 3.8) is 0 Å². The summed E-state index contributed by atoms with van der Waals surface area (Å²) >= 11 is 0. The summed E-state index contributed by atoms with van der Waals surface area (Å²) in [6.07, 6.45) is 3.57. The monoisotopic (exact) mass is 647 g/mol. The molecular formula is C34H48BN6O6. The zero-order valence-electron chi connectivity index (χ0n) is 27.0. The van der Waals surface area contributed by atoms with Crippen molar-refractivity contribution in [1.29, 1.82) is 0 Å². The average Bonchev–Trinajstić information content (AvgIpc) is 3.03. The van der Waals surface area contributed by atoms with Crippen LogP contribution in [0.2, 0.25) is 0 Å². The molecule has 0 saturated heterocycles. The Bertz CT molecular complexity index is 1210. The lowest BCUT2D eigenvalue weighted by atomic mass is 9.67. The van der Waals surface area contributed by atoms with Gasteiger partial charge < -0.3 is 42.0 Å². The highest BCUT2D eigenvalue weighted by molar-refractivity contribution is 6.18. The highest BCUT2D eigenvalue weighted by Gasteiger charge is 2.52. The Morgan fingerprint density at radius 3 is 1.34 bits per heavy atom. The number of amides is 4. The van der Waals surface area contributed by atoms with Crippen LogP contribution in [0.5, 0.6) is 0 Å². The van der Waals surface area contributed by atoms with Crippen LogP contribution in [-0.4, -0.2) is 56.9 Å². The maximum Gasteiger partial charge on any atom is 0.491 e. The van der Waals surface area contributed by atoms with Gasteiger partial charge in [-0.1, -0.05) is 73.5 Å². The summed E-state index contributed by atoms with van der Waals surface area (Å²) in [7, 11) is 1.09. The molecule has 1 radical (unpaired) electrons. The first-order chi connectivity index (χ1) is 22.8. The van der Waals surface area contributed by atoms with E-state index in [0.29, 0.717) is 77.5 Å². The minimum Gasteiger partial charge on any atom is -0.393 e. The van der Waals surface area contributed by atoms with E-state index in [1.54, 1.807) is 0 Å². The lowest BCUT2D eigenvalue weighted by Crippen LogP contribution is -2.58. The number of rotatable bonds is 20. The molecule has 12 nitrogen and oxygen atoms in total. The van der Waals surface area contributed by atoms with Crippen LogP contribution in [0.1, 0.15) is 75.3 Å². The second kappa shape index (κ2) is 18.0. The minimum atomic E-state index is -1.17. The van der Waals surface area contributed by atoms with Crippen molar-refractivity contribution in [1.82, 2.24) is 21.3 Å². The SMILES string of the molecule is NCCCC(NC(=O)C1(C(=O)NCc2ccccc2)CCC1)O[B]OC(CCCN)NC(=O)C1(C(=O)NCc2ccccc2)CCC1. The van der Waals surface area contributed by atoms with Crippen LogP contribution in [0.15, 0.2) is 60.7 Å². The number of hydrogen-bond donors (Lipinski definition) is 6. The van der Waals surface area contributed by atoms with Crippen LogP contribution in [0.25, 0.3) is 0 Å². The molecule has 0 aromatic heterocycles. The van der Waals surface area contributed by atoms with E-state index >= 15 is 0 Å². The molecule has 253 valence electrons. The number of nitrogens with one attached hydrogen (secondary N) is 4. The standard InChI is InChI=1S/C34H48BN6O6/c36-21-7-15-27(40-31(44)33(17-9-18-33)29(42)38-23-25-11-3-1-4-12-25)46-35-47-28(16-8-22-37)41-32(45)34(19-10-20-34)30(43)39-24-26-13-5-2-6-14-26/h1-6,11-14,27-28H,7-10,15-24,36-37H2,(H,38,42)(H,39,43)(H,40,44)(H,41,45). The summed E-state index contributed by atoms with van der Waals surface area (Å²) in [6.45, 7) is 1.41. The Morgan fingerprint density at radius 1 is 0.638 bits per heavy atom. The third kappa shape index (κ3) is 9.63. The van der Waals surface area contributed by atoms with Gasteiger partial charge in [-0.2, -0.15) is 0 Å². The maximum atomic E-state index is 13.5. The molecule has 0 aliphatic heterocycles. The van der Waals surface area contributed by atoms with Gasteiger partial charge in [0.15, 0.2) is 0 Å². The van der Waals surface area contributed by atoms with E-state index < -0.39 is 35.1 Å². The molecule has 2 unspecified atom stereocenters. The van der Waals surface area contributed by atoms with Gasteiger partial charge in [0.2, 0.25) is 23.6 Å². The van der Waals surface area contributed by atoms with Crippen LogP contribution in [-0.2, 0) is 41.6 Å². The molecule has 2 atom stereocenters. The van der Waals surface area contributed by atoms with Gasteiger partial charge in [0.05, 0.1) is 0 Å². The molecule has 4 amide bonds. The van der Waals surface area contributed by atoms with Crippen LogP contribution in [0.4, 0.5) is 0 Å². The summed E-state index contributed by atoms with van der Waals surface area (Å²) in [6, 6.07) is 19.0. The topological polar surface area (TPSA) is 187 Å². The number of hydrogen-bond acceptors (Lipinski definition) is 8. The molecule has 0 spiro atoms. The predicted molar refractivity (Wildman–Crippen MR) is 178 cm³/mol. The van der Waals surface area contributed by atoms with E-state index in [1.807, 2.05) is 60.7 Å². The van der Waals surface area contributed by atoms with E-state index in [0.717, 1.165) is 31.7 Å². The van der Waals surface area contributed by atoms with E-state index in [9.17, 15) is 19.2 Å². The minimum absolute atomic E-state index is 0.315. The van der Waals surface area contributed by atoms with Gasteiger partial charge in [0.25, 0.3) is 0 Å². The second-order valence-electron chi connectivity index (χ2n) is 12.4. The van der Waals surface area contributed by atoms with E-state index in [4.69, 9.17) is 20.8 Å².